The van der Waals surface area contributed by atoms with E-state index < -0.39 is 0 Å². The molecule has 2 aromatic carbocycles. The van der Waals surface area contributed by atoms with Crippen LogP contribution in [0, 0.1) is 0 Å². The lowest BCUT2D eigenvalue weighted by atomic mass is 9.99. The zero-order chi connectivity index (χ0) is 17.9. The van der Waals surface area contributed by atoms with Crippen molar-refractivity contribution < 1.29 is 9.53 Å². The number of hydrogen-bond donors (Lipinski definition) is 0. The van der Waals surface area contributed by atoms with Gasteiger partial charge in [-0.1, -0.05) is 60.7 Å². The maximum absolute atomic E-state index is 12.6. The van der Waals surface area contributed by atoms with Gasteiger partial charge in [0, 0.05) is 18.0 Å². The molecule has 0 radical (unpaired) electrons. The highest BCUT2D eigenvalue weighted by atomic mass is 16.5. The number of benzene rings is 2. The van der Waals surface area contributed by atoms with Crippen LogP contribution in [0.4, 0.5) is 0 Å². The molecule has 26 heavy (non-hydrogen) atoms. The Kier molecular flexibility index (Phi) is 4.28. The Morgan fingerprint density at radius 1 is 0.846 bits per heavy atom. The van der Waals surface area contributed by atoms with Crippen LogP contribution >= 0.6 is 0 Å². The fourth-order valence-corrected chi connectivity index (χ4v) is 3.23. The Bertz CT molecular complexity index is 1050. The van der Waals surface area contributed by atoms with Gasteiger partial charge in [-0.25, -0.2) is 4.79 Å². The van der Waals surface area contributed by atoms with E-state index >= 15 is 0 Å². The first-order valence-electron chi connectivity index (χ1n) is 8.70. The van der Waals surface area contributed by atoms with Gasteiger partial charge in [-0.3, -0.25) is 0 Å². The van der Waals surface area contributed by atoms with Crippen molar-refractivity contribution >= 4 is 11.5 Å². The first-order valence-corrected chi connectivity index (χ1v) is 8.70. The van der Waals surface area contributed by atoms with Crippen LogP contribution in [0.3, 0.4) is 0 Å². The summed E-state index contributed by atoms with van der Waals surface area (Å²) in [5, 5.41) is 0. The number of carbonyl (C=O) groups is 1. The van der Waals surface area contributed by atoms with Crippen molar-refractivity contribution in [2.24, 2.45) is 0 Å². The molecule has 0 unspecified atom stereocenters. The molecular formula is C23H19NO2. The van der Waals surface area contributed by atoms with Crippen molar-refractivity contribution in [1.82, 2.24) is 4.40 Å². The van der Waals surface area contributed by atoms with Gasteiger partial charge >= 0.3 is 5.97 Å². The predicted molar refractivity (Wildman–Crippen MR) is 104 cm³/mol. The van der Waals surface area contributed by atoms with E-state index in [1.807, 2.05) is 60.1 Å². The molecule has 4 aromatic rings. The monoisotopic (exact) mass is 341 g/mol. The van der Waals surface area contributed by atoms with Gasteiger partial charge in [-0.2, -0.15) is 0 Å². The molecule has 0 aliphatic rings. The third kappa shape index (κ3) is 2.88. The summed E-state index contributed by atoms with van der Waals surface area (Å²) in [7, 11) is 0. The number of hydrogen-bond acceptors (Lipinski definition) is 2. The minimum Gasteiger partial charge on any atom is -0.462 e. The third-order valence-electron chi connectivity index (χ3n) is 4.47. The molecule has 0 amide bonds. The van der Waals surface area contributed by atoms with Gasteiger partial charge in [0.15, 0.2) is 0 Å². The van der Waals surface area contributed by atoms with E-state index in [4.69, 9.17) is 4.74 Å². The van der Waals surface area contributed by atoms with Crippen LogP contribution in [0.15, 0.2) is 85.2 Å². The number of rotatable bonds is 4. The Labute approximate surface area is 152 Å². The smallest absolute Gasteiger partial charge is 0.340 e. The van der Waals surface area contributed by atoms with Crippen molar-refractivity contribution in [2.75, 3.05) is 6.61 Å². The van der Waals surface area contributed by atoms with Crippen molar-refractivity contribution in [1.29, 1.82) is 0 Å². The zero-order valence-corrected chi connectivity index (χ0v) is 14.6. The van der Waals surface area contributed by atoms with Crippen LogP contribution in [0.1, 0.15) is 17.3 Å². The van der Waals surface area contributed by atoms with Gasteiger partial charge in [0.25, 0.3) is 0 Å². The first-order chi connectivity index (χ1) is 12.8. The van der Waals surface area contributed by atoms with Crippen LogP contribution in [-0.4, -0.2) is 17.0 Å². The Morgan fingerprint density at radius 3 is 2.23 bits per heavy atom. The molecule has 0 spiro atoms. The number of carbonyl (C=O) groups excluding carboxylic acids is 1. The first kappa shape index (κ1) is 16.2. The number of esters is 1. The normalized spacial score (nSPS) is 10.8. The van der Waals surface area contributed by atoms with Gasteiger partial charge in [-0.15, -0.1) is 0 Å². The maximum Gasteiger partial charge on any atom is 0.340 e. The van der Waals surface area contributed by atoms with E-state index in [1.54, 1.807) is 0 Å². The highest BCUT2D eigenvalue weighted by molar-refractivity contribution is 6.04. The fourth-order valence-electron chi connectivity index (χ4n) is 3.23. The Morgan fingerprint density at radius 2 is 1.50 bits per heavy atom. The lowest BCUT2D eigenvalue weighted by Gasteiger charge is -2.06. The summed E-state index contributed by atoms with van der Waals surface area (Å²) in [5.41, 5.74) is 5.67. The summed E-state index contributed by atoms with van der Waals surface area (Å²) in [6.07, 6.45) is 3.93. The quantitative estimate of drug-likeness (QED) is 0.462. The van der Waals surface area contributed by atoms with Crippen LogP contribution in [0.5, 0.6) is 0 Å². The van der Waals surface area contributed by atoms with E-state index in [9.17, 15) is 4.79 Å². The number of ether oxygens (including phenoxy) is 1. The molecule has 3 heteroatoms. The van der Waals surface area contributed by atoms with Gasteiger partial charge in [0.2, 0.25) is 0 Å². The Balaban J connectivity index is 1.81. The second kappa shape index (κ2) is 6.89. The topological polar surface area (TPSA) is 30.7 Å². The number of aromatic nitrogens is 1. The second-order valence-electron chi connectivity index (χ2n) is 6.07. The number of fused-ring (bicyclic) bond motifs is 1. The predicted octanol–water partition coefficient (Wildman–Crippen LogP) is 5.45. The lowest BCUT2D eigenvalue weighted by molar-refractivity contribution is 0.0529. The van der Waals surface area contributed by atoms with E-state index in [0.29, 0.717) is 12.2 Å². The van der Waals surface area contributed by atoms with E-state index in [0.717, 1.165) is 22.2 Å². The summed E-state index contributed by atoms with van der Waals surface area (Å²) in [6, 6.07) is 24.3. The molecule has 0 N–H and O–H groups in total. The summed E-state index contributed by atoms with van der Waals surface area (Å²) < 4.78 is 7.26. The fraction of sp³-hybridized carbons (Fsp3) is 0.0870. The number of nitrogens with zero attached hydrogens (tertiary/aromatic N) is 1. The maximum atomic E-state index is 12.6. The minimum atomic E-state index is -0.289. The molecule has 0 atom stereocenters. The van der Waals surface area contributed by atoms with Crippen LogP contribution in [0.2, 0.25) is 0 Å². The van der Waals surface area contributed by atoms with Crippen molar-refractivity contribution in [3.05, 3.63) is 90.8 Å². The Hall–Kier alpha value is -3.33. The van der Waals surface area contributed by atoms with Gasteiger partial charge in [-0.05, 0) is 35.7 Å². The van der Waals surface area contributed by atoms with E-state index in [1.165, 1.54) is 5.56 Å². The van der Waals surface area contributed by atoms with E-state index in [2.05, 4.69) is 36.4 Å². The standard InChI is InChI=1S/C23H19NO2/c1-2-26-23(25)22-20(16-24-15-7-6-10-21(22)24)19-13-11-18(12-14-19)17-8-4-3-5-9-17/h3-16H,2H2,1H3. The average molecular weight is 341 g/mol. The summed E-state index contributed by atoms with van der Waals surface area (Å²) in [6.45, 7) is 2.18. The molecule has 2 heterocycles. The average Bonchev–Trinajstić information content (AvgIpc) is 3.09. The zero-order valence-electron chi connectivity index (χ0n) is 14.6. The molecule has 0 aliphatic heterocycles. The van der Waals surface area contributed by atoms with E-state index in [-0.39, 0.29) is 5.97 Å². The highest BCUT2D eigenvalue weighted by Gasteiger charge is 2.20. The molecule has 4 rings (SSSR count). The largest absolute Gasteiger partial charge is 0.462 e. The molecule has 0 aliphatic carbocycles. The SMILES string of the molecule is CCOC(=O)c1c(-c2ccc(-c3ccccc3)cc2)cn2ccccc12. The molecule has 3 nitrogen and oxygen atoms in total. The molecule has 128 valence electrons. The molecule has 0 saturated carbocycles. The van der Waals surface area contributed by atoms with Gasteiger partial charge < -0.3 is 9.14 Å². The minimum absolute atomic E-state index is 0.289. The number of pyridine rings is 1. The summed E-state index contributed by atoms with van der Waals surface area (Å²) >= 11 is 0. The molecule has 0 saturated heterocycles. The van der Waals surface area contributed by atoms with Crippen molar-refractivity contribution in [3.63, 3.8) is 0 Å². The third-order valence-corrected chi connectivity index (χ3v) is 4.47. The van der Waals surface area contributed by atoms with Crippen molar-refractivity contribution in [2.45, 2.75) is 6.92 Å². The highest BCUT2D eigenvalue weighted by Crippen LogP contribution is 2.31. The van der Waals surface area contributed by atoms with Crippen LogP contribution < -0.4 is 0 Å². The molecule has 0 fully saturated rings. The molecular weight excluding hydrogens is 322 g/mol. The summed E-state index contributed by atoms with van der Waals surface area (Å²) in [5.74, 6) is -0.289. The molecule has 2 aromatic heterocycles. The summed E-state index contributed by atoms with van der Waals surface area (Å²) in [4.78, 5) is 12.6. The van der Waals surface area contributed by atoms with Gasteiger partial charge in [0.05, 0.1) is 17.7 Å². The lowest BCUT2D eigenvalue weighted by Crippen LogP contribution is -2.05. The van der Waals surface area contributed by atoms with Crippen LogP contribution in [0.25, 0.3) is 27.8 Å². The second-order valence-corrected chi connectivity index (χ2v) is 6.07. The van der Waals surface area contributed by atoms with Crippen LogP contribution in [-0.2, 0) is 4.74 Å². The van der Waals surface area contributed by atoms with Crippen molar-refractivity contribution in [3.8, 4) is 22.3 Å². The molecule has 0 bridgehead atoms. The van der Waals surface area contributed by atoms with Gasteiger partial charge in [0.1, 0.15) is 0 Å².